The van der Waals surface area contributed by atoms with E-state index in [4.69, 9.17) is 11.0 Å². The second kappa shape index (κ2) is 6.46. The standard InChI is InChI=1S/C11H16N4S/c1-11(13,9-12)4-2-3-7-16-10-8-14-5-6-15-10/h5-6,8H,2-4,7,13H2,1H3. The van der Waals surface area contributed by atoms with Crippen LogP contribution in [0.25, 0.3) is 0 Å². The minimum absolute atomic E-state index is 0.683. The first-order valence-corrected chi connectivity index (χ1v) is 6.21. The Hall–Kier alpha value is -1.12. The molecule has 1 heterocycles. The van der Waals surface area contributed by atoms with E-state index in [1.807, 2.05) is 0 Å². The molecule has 0 aromatic carbocycles. The maximum atomic E-state index is 8.73. The molecule has 0 radical (unpaired) electrons. The summed E-state index contributed by atoms with van der Waals surface area (Å²) in [6.07, 6.45) is 7.85. The molecular formula is C11H16N4S. The molecule has 0 saturated heterocycles. The molecule has 0 spiro atoms. The van der Waals surface area contributed by atoms with Crippen LogP contribution in [-0.4, -0.2) is 21.3 Å². The van der Waals surface area contributed by atoms with Crippen LogP contribution in [0.5, 0.6) is 0 Å². The first-order valence-electron chi connectivity index (χ1n) is 5.23. The summed E-state index contributed by atoms with van der Waals surface area (Å²) < 4.78 is 0. The molecule has 1 atom stereocenters. The van der Waals surface area contributed by atoms with Crippen molar-refractivity contribution in [3.63, 3.8) is 0 Å². The number of unbranched alkanes of at least 4 members (excludes halogenated alkanes) is 1. The summed E-state index contributed by atoms with van der Waals surface area (Å²) in [7, 11) is 0. The Bertz CT molecular complexity index is 345. The van der Waals surface area contributed by atoms with Crippen LogP contribution < -0.4 is 5.73 Å². The molecule has 1 rings (SSSR count). The van der Waals surface area contributed by atoms with Crippen molar-refractivity contribution in [3.05, 3.63) is 18.6 Å². The fraction of sp³-hybridized carbons (Fsp3) is 0.545. The Morgan fingerprint density at radius 3 is 2.94 bits per heavy atom. The topological polar surface area (TPSA) is 75.6 Å². The van der Waals surface area contributed by atoms with Gasteiger partial charge in [-0.15, -0.1) is 11.8 Å². The van der Waals surface area contributed by atoms with Gasteiger partial charge in [-0.2, -0.15) is 5.26 Å². The molecule has 0 saturated carbocycles. The average molecular weight is 236 g/mol. The van der Waals surface area contributed by atoms with Crippen LogP contribution in [0, 0.1) is 11.3 Å². The Balaban J connectivity index is 2.12. The lowest BCUT2D eigenvalue weighted by Crippen LogP contribution is -2.33. The van der Waals surface area contributed by atoms with Gasteiger partial charge in [-0.3, -0.25) is 4.98 Å². The highest BCUT2D eigenvalue weighted by molar-refractivity contribution is 7.99. The number of rotatable bonds is 6. The van der Waals surface area contributed by atoms with E-state index in [2.05, 4.69) is 16.0 Å². The quantitative estimate of drug-likeness (QED) is 0.603. The Labute approximate surface area is 100 Å². The molecule has 2 N–H and O–H groups in total. The van der Waals surface area contributed by atoms with Gasteiger partial charge in [-0.1, -0.05) is 0 Å². The van der Waals surface area contributed by atoms with Crippen LogP contribution in [0.3, 0.4) is 0 Å². The van der Waals surface area contributed by atoms with Crippen molar-refractivity contribution in [2.45, 2.75) is 36.8 Å². The van der Waals surface area contributed by atoms with E-state index in [0.717, 1.165) is 30.0 Å². The van der Waals surface area contributed by atoms with Gasteiger partial charge in [-0.25, -0.2) is 4.98 Å². The highest BCUT2D eigenvalue weighted by atomic mass is 32.2. The molecule has 86 valence electrons. The smallest absolute Gasteiger partial charge is 0.114 e. The van der Waals surface area contributed by atoms with Crippen molar-refractivity contribution in [3.8, 4) is 6.07 Å². The average Bonchev–Trinajstić information content (AvgIpc) is 2.30. The summed E-state index contributed by atoms with van der Waals surface area (Å²) in [6, 6.07) is 2.10. The van der Waals surface area contributed by atoms with E-state index >= 15 is 0 Å². The second-order valence-electron chi connectivity index (χ2n) is 3.88. The molecule has 16 heavy (non-hydrogen) atoms. The molecule has 0 fully saturated rings. The Morgan fingerprint density at radius 1 is 1.50 bits per heavy atom. The van der Waals surface area contributed by atoms with Gasteiger partial charge in [0.05, 0.1) is 12.3 Å². The highest BCUT2D eigenvalue weighted by Crippen LogP contribution is 2.17. The lowest BCUT2D eigenvalue weighted by atomic mass is 9.99. The van der Waals surface area contributed by atoms with Crippen LogP contribution in [0.4, 0.5) is 0 Å². The van der Waals surface area contributed by atoms with E-state index < -0.39 is 5.54 Å². The summed E-state index contributed by atoms with van der Waals surface area (Å²) >= 11 is 1.68. The fourth-order valence-electron chi connectivity index (χ4n) is 1.19. The summed E-state index contributed by atoms with van der Waals surface area (Å²) in [5.74, 6) is 0.986. The number of nitrogens with two attached hydrogens (primary N) is 1. The normalized spacial score (nSPS) is 14.1. The number of nitriles is 1. The molecule has 0 aliphatic rings. The first kappa shape index (κ1) is 12.9. The minimum atomic E-state index is -0.683. The van der Waals surface area contributed by atoms with Gasteiger partial charge in [0, 0.05) is 12.4 Å². The number of nitrogens with zero attached hydrogens (tertiary/aromatic N) is 3. The molecule has 1 unspecified atom stereocenters. The van der Waals surface area contributed by atoms with Gasteiger partial charge < -0.3 is 5.73 Å². The van der Waals surface area contributed by atoms with Crippen molar-refractivity contribution in [1.29, 1.82) is 5.26 Å². The number of thioether (sulfide) groups is 1. The van der Waals surface area contributed by atoms with E-state index in [1.165, 1.54) is 0 Å². The van der Waals surface area contributed by atoms with E-state index in [-0.39, 0.29) is 0 Å². The lowest BCUT2D eigenvalue weighted by Gasteiger charge is -2.14. The highest BCUT2D eigenvalue weighted by Gasteiger charge is 2.15. The minimum Gasteiger partial charge on any atom is -0.314 e. The lowest BCUT2D eigenvalue weighted by molar-refractivity contribution is 0.519. The third-order valence-corrected chi connectivity index (χ3v) is 3.13. The van der Waals surface area contributed by atoms with Crippen LogP contribution >= 0.6 is 11.8 Å². The van der Waals surface area contributed by atoms with Gasteiger partial charge in [0.15, 0.2) is 0 Å². The van der Waals surface area contributed by atoms with Crippen molar-refractivity contribution in [2.24, 2.45) is 5.73 Å². The monoisotopic (exact) mass is 236 g/mol. The second-order valence-corrected chi connectivity index (χ2v) is 4.99. The number of hydrogen-bond donors (Lipinski definition) is 1. The molecule has 5 heteroatoms. The van der Waals surface area contributed by atoms with Crippen molar-refractivity contribution in [1.82, 2.24) is 9.97 Å². The summed E-state index contributed by atoms with van der Waals surface area (Å²) in [5, 5.41) is 9.67. The predicted molar refractivity (Wildman–Crippen MR) is 64.8 cm³/mol. The maximum absolute atomic E-state index is 8.73. The predicted octanol–water partition coefficient (Wildman–Crippen LogP) is 1.98. The fourth-order valence-corrected chi connectivity index (χ4v) is 2.02. The molecular weight excluding hydrogens is 220 g/mol. The number of aromatic nitrogens is 2. The number of hydrogen-bond acceptors (Lipinski definition) is 5. The molecule has 0 aliphatic carbocycles. The molecule has 1 aromatic rings. The van der Waals surface area contributed by atoms with Gasteiger partial charge >= 0.3 is 0 Å². The molecule has 0 aliphatic heterocycles. The van der Waals surface area contributed by atoms with Gasteiger partial charge in [0.25, 0.3) is 0 Å². The zero-order chi connectivity index (χ0) is 11.9. The van der Waals surface area contributed by atoms with Gasteiger partial charge in [0.2, 0.25) is 0 Å². The SMILES string of the molecule is CC(N)(C#N)CCCCSc1cnccn1. The summed E-state index contributed by atoms with van der Waals surface area (Å²) in [4.78, 5) is 8.15. The van der Waals surface area contributed by atoms with Crippen molar-refractivity contribution in [2.75, 3.05) is 5.75 Å². The van der Waals surface area contributed by atoms with Crippen LogP contribution in [0.1, 0.15) is 26.2 Å². The van der Waals surface area contributed by atoms with E-state index in [9.17, 15) is 0 Å². The van der Waals surface area contributed by atoms with Crippen molar-refractivity contribution >= 4 is 11.8 Å². The Morgan fingerprint density at radius 2 is 2.31 bits per heavy atom. The van der Waals surface area contributed by atoms with Gasteiger partial charge in [0.1, 0.15) is 10.6 Å². The zero-order valence-electron chi connectivity index (χ0n) is 9.39. The van der Waals surface area contributed by atoms with E-state index in [0.29, 0.717) is 0 Å². The third-order valence-electron chi connectivity index (χ3n) is 2.14. The summed E-state index contributed by atoms with van der Waals surface area (Å²) in [6.45, 7) is 1.77. The summed E-state index contributed by atoms with van der Waals surface area (Å²) in [5.41, 5.74) is 5.04. The third kappa shape index (κ3) is 5.10. The molecule has 0 amide bonds. The van der Waals surface area contributed by atoms with Crippen LogP contribution in [-0.2, 0) is 0 Å². The van der Waals surface area contributed by atoms with E-state index in [1.54, 1.807) is 37.3 Å². The zero-order valence-corrected chi connectivity index (χ0v) is 10.2. The molecule has 4 nitrogen and oxygen atoms in total. The van der Waals surface area contributed by atoms with Crippen molar-refractivity contribution < 1.29 is 0 Å². The maximum Gasteiger partial charge on any atom is 0.114 e. The molecule has 1 aromatic heterocycles. The van der Waals surface area contributed by atoms with Crippen LogP contribution in [0.15, 0.2) is 23.6 Å². The largest absolute Gasteiger partial charge is 0.314 e. The van der Waals surface area contributed by atoms with Gasteiger partial charge in [-0.05, 0) is 31.9 Å². The molecule has 0 bridgehead atoms. The first-order chi connectivity index (χ1) is 7.64. The Kier molecular flexibility index (Phi) is 5.23. The van der Waals surface area contributed by atoms with Crippen LogP contribution in [0.2, 0.25) is 0 Å².